The number of hydrogen-bond donors (Lipinski definition) is 1. The van der Waals surface area contributed by atoms with Crippen LogP contribution in [-0.2, 0) is 0 Å². The standard InChI is InChI=1S/C9H11Br2N/c1-5-3-9(11)7(6(2)12)4-8(5)10/h3-4,6H,12H2,1-2H3/t6-/m0/s1. The van der Waals surface area contributed by atoms with Gasteiger partial charge in [-0.2, -0.15) is 0 Å². The molecular weight excluding hydrogens is 282 g/mol. The van der Waals surface area contributed by atoms with E-state index in [1.807, 2.05) is 6.92 Å². The fourth-order valence-electron chi connectivity index (χ4n) is 1.01. The summed E-state index contributed by atoms with van der Waals surface area (Å²) in [5, 5.41) is 0. The third-order valence-electron chi connectivity index (χ3n) is 1.77. The van der Waals surface area contributed by atoms with E-state index in [1.165, 1.54) is 5.56 Å². The van der Waals surface area contributed by atoms with Gasteiger partial charge in [-0.05, 0) is 37.1 Å². The normalized spacial score (nSPS) is 13.1. The molecule has 1 rings (SSSR count). The Hall–Kier alpha value is 0.140. The minimum Gasteiger partial charge on any atom is -0.324 e. The molecule has 2 N–H and O–H groups in total. The van der Waals surface area contributed by atoms with Gasteiger partial charge in [0.2, 0.25) is 0 Å². The lowest BCUT2D eigenvalue weighted by Crippen LogP contribution is -2.05. The summed E-state index contributed by atoms with van der Waals surface area (Å²) in [4.78, 5) is 0. The van der Waals surface area contributed by atoms with E-state index < -0.39 is 0 Å². The molecule has 1 aromatic rings. The molecule has 0 heterocycles. The minimum absolute atomic E-state index is 0.0660. The molecule has 12 heavy (non-hydrogen) atoms. The molecule has 0 spiro atoms. The summed E-state index contributed by atoms with van der Waals surface area (Å²) < 4.78 is 2.19. The molecule has 3 heteroatoms. The lowest BCUT2D eigenvalue weighted by Gasteiger charge is -2.10. The van der Waals surface area contributed by atoms with E-state index in [-0.39, 0.29) is 6.04 Å². The van der Waals surface area contributed by atoms with Gasteiger partial charge in [0.15, 0.2) is 0 Å². The van der Waals surface area contributed by atoms with Crippen molar-refractivity contribution in [3.05, 3.63) is 32.2 Å². The molecule has 0 saturated carbocycles. The van der Waals surface area contributed by atoms with Crippen LogP contribution in [0.3, 0.4) is 0 Å². The average molecular weight is 293 g/mol. The summed E-state index contributed by atoms with van der Waals surface area (Å²) in [6.45, 7) is 4.03. The van der Waals surface area contributed by atoms with Gasteiger partial charge >= 0.3 is 0 Å². The Morgan fingerprint density at radius 3 is 2.33 bits per heavy atom. The number of hydrogen-bond acceptors (Lipinski definition) is 1. The van der Waals surface area contributed by atoms with Crippen LogP contribution in [0, 0.1) is 6.92 Å². The summed E-state index contributed by atoms with van der Waals surface area (Å²) in [7, 11) is 0. The van der Waals surface area contributed by atoms with Crippen LogP contribution in [0.4, 0.5) is 0 Å². The van der Waals surface area contributed by atoms with Crippen LogP contribution in [0.5, 0.6) is 0 Å². The maximum absolute atomic E-state index is 5.78. The van der Waals surface area contributed by atoms with E-state index in [0.717, 1.165) is 14.5 Å². The van der Waals surface area contributed by atoms with Crippen LogP contribution in [0.25, 0.3) is 0 Å². The van der Waals surface area contributed by atoms with Crippen LogP contribution < -0.4 is 5.73 Å². The fourth-order valence-corrected chi connectivity index (χ4v) is 2.19. The van der Waals surface area contributed by atoms with Gasteiger partial charge in [-0.15, -0.1) is 0 Å². The number of aryl methyl sites for hydroxylation is 1. The second-order valence-corrected chi connectivity index (χ2v) is 4.62. The predicted molar refractivity (Wildman–Crippen MR) is 59.2 cm³/mol. The SMILES string of the molecule is Cc1cc(Br)c([C@H](C)N)cc1Br. The summed E-state index contributed by atoms with van der Waals surface area (Å²) in [5.41, 5.74) is 8.13. The Labute approximate surface area is 89.6 Å². The summed E-state index contributed by atoms with van der Waals surface area (Å²) in [5.74, 6) is 0. The van der Waals surface area contributed by atoms with Crippen molar-refractivity contribution in [1.82, 2.24) is 0 Å². The number of rotatable bonds is 1. The third-order valence-corrected chi connectivity index (χ3v) is 3.31. The Kier molecular flexibility index (Phi) is 3.32. The molecule has 0 aromatic heterocycles. The van der Waals surface area contributed by atoms with Gasteiger partial charge in [-0.3, -0.25) is 0 Å². The molecule has 0 aliphatic rings. The van der Waals surface area contributed by atoms with Crippen molar-refractivity contribution in [3.8, 4) is 0 Å². The molecule has 0 amide bonds. The van der Waals surface area contributed by atoms with Crippen molar-refractivity contribution >= 4 is 31.9 Å². The summed E-state index contributed by atoms with van der Waals surface area (Å²) in [6.07, 6.45) is 0. The number of nitrogens with two attached hydrogens (primary N) is 1. The van der Waals surface area contributed by atoms with E-state index in [2.05, 4.69) is 50.9 Å². The summed E-state index contributed by atoms with van der Waals surface area (Å²) in [6, 6.07) is 4.20. The highest BCUT2D eigenvalue weighted by molar-refractivity contribution is 9.11. The molecule has 0 aliphatic carbocycles. The molecule has 0 saturated heterocycles. The molecule has 1 nitrogen and oxygen atoms in total. The maximum atomic E-state index is 5.78. The summed E-state index contributed by atoms with van der Waals surface area (Å²) >= 11 is 6.95. The van der Waals surface area contributed by atoms with Crippen LogP contribution in [-0.4, -0.2) is 0 Å². The van der Waals surface area contributed by atoms with Crippen LogP contribution in [0.15, 0.2) is 21.1 Å². The first-order valence-corrected chi connectivity index (χ1v) is 5.32. The maximum Gasteiger partial charge on any atom is 0.0277 e. The van der Waals surface area contributed by atoms with Crippen molar-refractivity contribution in [2.45, 2.75) is 19.9 Å². The Bertz CT molecular complexity index is 295. The fraction of sp³-hybridized carbons (Fsp3) is 0.333. The van der Waals surface area contributed by atoms with Crippen molar-refractivity contribution < 1.29 is 0 Å². The van der Waals surface area contributed by atoms with Crippen molar-refractivity contribution in [2.24, 2.45) is 5.73 Å². The molecular formula is C9H11Br2N. The van der Waals surface area contributed by atoms with Crippen LogP contribution in [0.2, 0.25) is 0 Å². The predicted octanol–water partition coefficient (Wildman–Crippen LogP) is 3.54. The van der Waals surface area contributed by atoms with Crippen LogP contribution >= 0.6 is 31.9 Å². The highest BCUT2D eigenvalue weighted by Gasteiger charge is 2.06. The van der Waals surface area contributed by atoms with E-state index in [9.17, 15) is 0 Å². The topological polar surface area (TPSA) is 26.0 Å². The van der Waals surface area contributed by atoms with Crippen molar-refractivity contribution in [1.29, 1.82) is 0 Å². The quantitative estimate of drug-likeness (QED) is 0.842. The van der Waals surface area contributed by atoms with E-state index in [0.29, 0.717) is 0 Å². The molecule has 1 aromatic carbocycles. The van der Waals surface area contributed by atoms with Crippen molar-refractivity contribution in [2.75, 3.05) is 0 Å². The smallest absolute Gasteiger partial charge is 0.0277 e. The Balaban J connectivity index is 3.23. The molecule has 0 radical (unpaired) electrons. The van der Waals surface area contributed by atoms with E-state index >= 15 is 0 Å². The van der Waals surface area contributed by atoms with Gasteiger partial charge < -0.3 is 5.73 Å². The lowest BCUT2D eigenvalue weighted by molar-refractivity contribution is 0.811. The Morgan fingerprint density at radius 1 is 1.25 bits per heavy atom. The number of halogens is 2. The molecule has 0 bridgehead atoms. The zero-order valence-electron chi connectivity index (χ0n) is 7.07. The third kappa shape index (κ3) is 2.09. The van der Waals surface area contributed by atoms with Gasteiger partial charge in [0.25, 0.3) is 0 Å². The van der Waals surface area contributed by atoms with Gasteiger partial charge in [0.1, 0.15) is 0 Å². The van der Waals surface area contributed by atoms with Gasteiger partial charge in [0.05, 0.1) is 0 Å². The van der Waals surface area contributed by atoms with Gasteiger partial charge in [-0.1, -0.05) is 31.9 Å². The average Bonchev–Trinajstić information content (AvgIpc) is 1.96. The first kappa shape index (κ1) is 10.2. The zero-order chi connectivity index (χ0) is 9.30. The van der Waals surface area contributed by atoms with Crippen molar-refractivity contribution in [3.63, 3.8) is 0 Å². The monoisotopic (exact) mass is 291 g/mol. The molecule has 0 fully saturated rings. The first-order chi connectivity index (χ1) is 5.52. The molecule has 0 unspecified atom stereocenters. The van der Waals surface area contributed by atoms with E-state index in [1.54, 1.807) is 0 Å². The largest absolute Gasteiger partial charge is 0.324 e. The van der Waals surface area contributed by atoms with E-state index in [4.69, 9.17) is 5.73 Å². The Morgan fingerprint density at radius 2 is 1.83 bits per heavy atom. The second kappa shape index (κ2) is 3.90. The van der Waals surface area contributed by atoms with Gasteiger partial charge in [0, 0.05) is 15.0 Å². The molecule has 66 valence electrons. The van der Waals surface area contributed by atoms with Crippen LogP contribution in [0.1, 0.15) is 24.1 Å². The molecule has 1 atom stereocenters. The first-order valence-electron chi connectivity index (χ1n) is 3.73. The van der Waals surface area contributed by atoms with Gasteiger partial charge in [-0.25, -0.2) is 0 Å². The number of benzene rings is 1. The minimum atomic E-state index is 0.0660. The lowest BCUT2D eigenvalue weighted by atomic mass is 10.1. The highest BCUT2D eigenvalue weighted by atomic mass is 79.9. The highest BCUT2D eigenvalue weighted by Crippen LogP contribution is 2.28. The molecule has 0 aliphatic heterocycles. The zero-order valence-corrected chi connectivity index (χ0v) is 10.2. The second-order valence-electron chi connectivity index (χ2n) is 2.91.